The fourth-order valence-corrected chi connectivity index (χ4v) is 4.38. The van der Waals surface area contributed by atoms with E-state index < -0.39 is 0 Å². The van der Waals surface area contributed by atoms with Crippen LogP contribution in [-0.2, 0) is 0 Å². The zero-order valence-electron chi connectivity index (χ0n) is 10.5. The SMILES string of the molecule is CCC1CCN(C(c2ccc(Br)s2)C(C)N)C1. The molecule has 1 fully saturated rings. The minimum absolute atomic E-state index is 0.191. The maximum absolute atomic E-state index is 6.19. The highest BCUT2D eigenvalue weighted by molar-refractivity contribution is 9.11. The van der Waals surface area contributed by atoms with Crippen LogP contribution in [0.25, 0.3) is 0 Å². The van der Waals surface area contributed by atoms with E-state index >= 15 is 0 Å². The van der Waals surface area contributed by atoms with Crippen LogP contribution in [0.3, 0.4) is 0 Å². The highest BCUT2D eigenvalue weighted by Gasteiger charge is 2.31. The number of nitrogens with zero attached hydrogens (tertiary/aromatic N) is 1. The molecule has 0 aliphatic carbocycles. The fourth-order valence-electron chi connectivity index (χ4n) is 2.71. The average Bonchev–Trinajstić information content (AvgIpc) is 2.88. The number of thiophene rings is 1. The van der Waals surface area contributed by atoms with E-state index in [4.69, 9.17) is 5.73 Å². The van der Waals surface area contributed by atoms with E-state index in [1.54, 1.807) is 0 Å². The van der Waals surface area contributed by atoms with E-state index in [9.17, 15) is 0 Å². The van der Waals surface area contributed by atoms with Crippen molar-refractivity contribution in [2.24, 2.45) is 11.7 Å². The monoisotopic (exact) mass is 316 g/mol. The van der Waals surface area contributed by atoms with Crippen molar-refractivity contribution in [3.8, 4) is 0 Å². The molecule has 1 aromatic rings. The molecule has 0 spiro atoms. The van der Waals surface area contributed by atoms with Crippen molar-refractivity contribution in [3.63, 3.8) is 0 Å². The Balaban J connectivity index is 2.13. The molecule has 17 heavy (non-hydrogen) atoms. The van der Waals surface area contributed by atoms with E-state index in [1.807, 2.05) is 11.3 Å². The summed E-state index contributed by atoms with van der Waals surface area (Å²) in [6.45, 7) is 6.81. The van der Waals surface area contributed by atoms with Crippen LogP contribution in [0.15, 0.2) is 15.9 Å². The molecule has 1 aliphatic rings. The summed E-state index contributed by atoms with van der Waals surface area (Å²) < 4.78 is 1.20. The molecule has 1 saturated heterocycles. The van der Waals surface area contributed by atoms with Gasteiger partial charge in [0.15, 0.2) is 0 Å². The fraction of sp³-hybridized carbons (Fsp3) is 0.692. The van der Waals surface area contributed by atoms with Gasteiger partial charge in [0.05, 0.1) is 9.83 Å². The molecule has 2 N–H and O–H groups in total. The Hall–Kier alpha value is 0.1000. The molecule has 2 heterocycles. The number of likely N-dealkylation sites (tertiary alicyclic amines) is 1. The van der Waals surface area contributed by atoms with Crippen LogP contribution in [0.1, 0.15) is 37.6 Å². The van der Waals surface area contributed by atoms with Crippen LogP contribution in [0.2, 0.25) is 0 Å². The number of hydrogen-bond acceptors (Lipinski definition) is 3. The summed E-state index contributed by atoms with van der Waals surface area (Å²) in [6, 6.07) is 4.92. The summed E-state index contributed by atoms with van der Waals surface area (Å²) in [5.41, 5.74) is 6.19. The summed E-state index contributed by atoms with van der Waals surface area (Å²) in [7, 11) is 0. The second kappa shape index (κ2) is 5.83. The maximum Gasteiger partial charge on any atom is 0.0702 e. The maximum atomic E-state index is 6.19. The van der Waals surface area contributed by atoms with E-state index in [0.717, 1.165) is 5.92 Å². The predicted octanol–water partition coefficient (Wildman–Crippen LogP) is 3.63. The third kappa shape index (κ3) is 3.11. The highest BCUT2D eigenvalue weighted by atomic mass is 79.9. The molecule has 3 unspecified atom stereocenters. The Bertz CT molecular complexity index is 364. The molecule has 1 aliphatic heterocycles. The highest BCUT2D eigenvalue weighted by Crippen LogP contribution is 2.35. The molecule has 2 nitrogen and oxygen atoms in total. The first-order valence-electron chi connectivity index (χ1n) is 6.36. The molecule has 0 radical (unpaired) electrons. The van der Waals surface area contributed by atoms with Gasteiger partial charge >= 0.3 is 0 Å². The summed E-state index contributed by atoms with van der Waals surface area (Å²) in [6.07, 6.45) is 2.61. The van der Waals surface area contributed by atoms with E-state index in [1.165, 1.54) is 34.6 Å². The second-order valence-corrected chi connectivity index (χ2v) is 7.50. The van der Waals surface area contributed by atoms with Crippen molar-refractivity contribution < 1.29 is 0 Å². The molecular weight excluding hydrogens is 296 g/mol. The van der Waals surface area contributed by atoms with Crippen molar-refractivity contribution in [2.75, 3.05) is 13.1 Å². The molecular formula is C13H21BrN2S. The lowest BCUT2D eigenvalue weighted by Gasteiger charge is -2.30. The van der Waals surface area contributed by atoms with Crippen LogP contribution >= 0.6 is 27.3 Å². The third-order valence-electron chi connectivity index (χ3n) is 3.67. The molecule has 0 bridgehead atoms. The number of halogens is 1. The molecule has 3 atom stereocenters. The van der Waals surface area contributed by atoms with Crippen LogP contribution in [-0.4, -0.2) is 24.0 Å². The van der Waals surface area contributed by atoms with Gasteiger partial charge in [-0.3, -0.25) is 4.90 Å². The van der Waals surface area contributed by atoms with Gasteiger partial charge in [-0.2, -0.15) is 0 Å². The first-order chi connectivity index (χ1) is 8.11. The average molecular weight is 317 g/mol. The molecule has 2 rings (SSSR count). The zero-order chi connectivity index (χ0) is 12.4. The van der Waals surface area contributed by atoms with Crippen LogP contribution in [0.4, 0.5) is 0 Å². The molecule has 0 saturated carbocycles. The normalized spacial score (nSPS) is 25.1. The number of hydrogen-bond donors (Lipinski definition) is 1. The van der Waals surface area contributed by atoms with Crippen molar-refractivity contribution in [1.82, 2.24) is 4.90 Å². The Labute approximate surface area is 116 Å². The van der Waals surface area contributed by atoms with Gasteiger partial charge in [0.1, 0.15) is 0 Å². The number of nitrogens with two attached hydrogens (primary N) is 1. The summed E-state index contributed by atoms with van der Waals surface area (Å²) >= 11 is 5.36. The zero-order valence-corrected chi connectivity index (χ0v) is 12.9. The van der Waals surface area contributed by atoms with Gasteiger partial charge in [-0.25, -0.2) is 0 Å². The first kappa shape index (κ1) is 13.5. The lowest BCUT2D eigenvalue weighted by Crippen LogP contribution is -2.37. The van der Waals surface area contributed by atoms with E-state index in [0.29, 0.717) is 6.04 Å². The third-order valence-corrected chi connectivity index (χ3v) is 5.37. The van der Waals surface area contributed by atoms with Crippen molar-refractivity contribution >= 4 is 27.3 Å². The van der Waals surface area contributed by atoms with Gasteiger partial charge in [0.2, 0.25) is 0 Å². The standard InChI is InChI=1S/C13H21BrN2S/c1-3-10-6-7-16(8-10)13(9(2)15)11-4-5-12(14)17-11/h4-5,9-10,13H,3,6-8,15H2,1-2H3. The Morgan fingerprint density at radius 3 is 2.82 bits per heavy atom. The van der Waals surface area contributed by atoms with Crippen molar-refractivity contribution in [2.45, 2.75) is 38.8 Å². The number of rotatable bonds is 4. The molecule has 4 heteroatoms. The largest absolute Gasteiger partial charge is 0.326 e. The summed E-state index contributed by atoms with van der Waals surface area (Å²) in [4.78, 5) is 3.96. The Morgan fingerprint density at radius 2 is 2.35 bits per heavy atom. The van der Waals surface area contributed by atoms with Crippen molar-refractivity contribution in [1.29, 1.82) is 0 Å². The van der Waals surface area contributed by atoms with Gasteiger partial charge in [-0.05, 0) is 53.9 Å². The van der Waals surface area contributed by atoms with Crippen molar-refractivity contribution in [3.05, 3.63) is 20.8 Å². The second-order valence-electron chi connectivity index (χ2n) is 5.00. The first-order valence-corrected chi connectivity index (χ1v) is 7.97. The molecule has 1 aromatic heterocycles. The van der Waals surface area contributed by atoms with E-state index in [2.05, 4.69) is 46.8 Å². The van der Waals surface area contributed by atoms with Gasteiger partial charge < -0.3 is 5.73 Å². The van der Waals surface area contributed by atoms with E-state index in [-0.39, 0.29) is 6.04 Å². The van der Waals surface area contributed by atoms with Crippen LogP contribution in [0.5, 0.6) is 0 Å². The Kier molecular flexibility index (Phi) is 4.64. The van der Waals surface area contributed by atoms with Gasteiger partial charge in [-0.1, -0.05) is 13.3 Å². The molecule has 0 aromatic carbocycles. The van der Waals surface area contributed by atoms with Crippen LogP contribution in [0, 0.1) is 5.92 Å². The predicted molar refractivity (Wildman–Crippen MR) is 78.4 cm³/mol. The van der Waals surface area contributed by atoms with Crippen LogP contribution < -0.4 is 5.73 Å². The minimum atomic E-state index is 0.191. The quantitative estimate of drug-likeness (QED) is 0.919. The summed E-state index contributed by atoms with van der Waals surface area (Å²) in [5, 5.41) is 0. The molecule has 0 amide bonds. The minimum Gasteiger partial charge on any atom is -0.326 e. The Morgan fingerprint density at radius 1 is 1.59 bits per heavy atom. The molecule has 96 valence electrons. The smallest absolute Gasteiger partial charge is 0.0702 e. The topological polar surface area (TPSA) is 29.3 Å². The van der Waals surface area contributed by atoms with Gasteiger partial charge in [0, 0.05) is 17.5 Å². The van der Waals surface area contributed by atoms with Gasteiger partial charge in [-0.15, -0.1) is 11.3 Å². The van der Waals surface area contributed by atoms with Gasteiger partial charge in [0.25, 0.3) is 0 Å². The summed E-state index contributed by atoms with van der Waals surface area (Å²) in [5.74, 6) is 0.861. The lowest BCUT2D eigenvalue weighted by atomic mass is 10.1. The lowest BCUT2D eigenvalue weighted by molar-refractivity contribution is 0.214.